The van der Waals surface area contributed by atoms with E-state index in [1.54, 1.807) is 6.07 Å². The Morgan fingerprint density at radius 1 is 1.29 bits per heavy atom. The Bertz CT molecular complexity index is 548. The van der Waals surface area contributed by atoms with E-state index in [1.807, 2.05) is 0 Å². The SMILES string of the molecule is NCC1CCCC1Oc1cc2c(cc1[N+](=O)[O-])OCCO2. The number of nitrogens with two attached hydrogens (primary N) is 1. The lowest BCUT2D eigenvalue weighted by Crippen LogP contribution is -2.28. The first-order valence-corrected chi connectivity index (χ1v) is 7.14. The summed E-state index contributed by atoms with van der Waals surface area (Å²) in [6, 6.07) is 2.93. The summed E-state index contributed by atoms with van der Waals surface area (Å²) >= 11 is 0. The van der Waals surface area contributed by atoms with E-state index >= 15 is 0 Å². The second kappa shape index (κ2) is 5.77. The molecule has 1 aromatic carbocycles. The highest BCUT2D eigenvalue weighted by molar-refractivity contribution is 5.58. The van der Waals surface area contributed by atoms with Gasteiger partial charge in [-0.3, -0.25) is 10.1 Å². The van der Waals surface area contributed by atoms with Gasteiger partial charge in [0.05, 0.1) is 11.0 Å². The van der Waals surface area contributed by atoms with Gasteiger partial charge in [0.15, 0.2) is 11.5 Å². The predicted octanol–water partition coefficient (Wildman–Crippen LogP) is 1.87. The van der Waals surface area contributed by atoms with Crippen molar-refractivity contribution in [2.75, 3.05) is 19.8 Å². The van der Waals surface area contributed by atoms with Crippen molar-refractivity contribution in [3.8, 4) is 17.2 Å². The largest absolute Gasteiger partial charge is 0.486 e. The molecule has 0 spiro atoms. The second-order valence-corrected chi connectivity index (χ2v) is 5.30. The van der Waals surface area contributed by atoms with Gasteiger partial charge in [-0.1, -0.05) is 0 Å². The van der Waals surface area contributed by atoms with Gasteiger partial charge in [-0.15, -0.1) is 0 Å². The molecule has 0 radical (unpaired) electrons. The lowest BCUT2D eigenvalue weighted by Gasteiger charge is -2.22. The maximum atomic E-state index is 11.2. The maximum Gasteiger partial charge on any atom is 0.314 e. The Kier molecular flexibility index (Phi) is 3.83. The van der Waals surface area contributed by atoms with Gasteiger partial charge in [0.25, 0.3) is 0 Å². The molecule has 2 aliphatic rings. The zero-order chi connectivity index (χ0) is 14.8. The van der Waals surface area contributed by atoms with E-state index in [4.69, 9.17) is 19.9 Å². The molecule has 2 unspecified atom stereocenters. The first-order chi connectivity index (χ1) is 10.2. The summed E-state index contributed by atoms with van der Waals surface area (Å²) in [4.78, 5) is 10.8. The predicted molar refractivity (Wildman–Crippen MR) is 74.9 cm³/mol. The van der Waals surface area contributed by atoms with E-state index in [0.29, 0.717) is 31.3 Å². The molecule has 1 saturated carbocycles. The van der Waals surface area contributed by atoms with Crippen LogP contribution in [-0.2, 0) is 0 Å². The van der Waals surface area contributed by atoms with Crippen LogP contribution in [0.3, 0.4) is 0 Å². The molecule has 21 heavy (non-hydrogen) atoms. The highest BCUT2D eigenvalue weighted by Gasteiger charge is 2.31. The van der Waals surface area contributed by atoms with Crippen molar-refractivity contribution in [1.82, 2.24) is 0 Å². The molecule has 1 aliphatic carbocycles. The average molecular weight is 294 g/mol. The van der Waals surface area contributed by atoms with Crippen LogP contribution >= 0.6 is 0 Å². The number of ether oxygens (including phenoxy) is 3. The Balaban J connectivity index is 1.90. The van der Waals surface area contributed by atoms with Crippen molar-refractivity contribution in [1.29, 1.82) is 0 Å². The monoisotopic (exact) mass is 294 g/mol. The molecule has 2 N–H and O–H groups in total. The summed E-state index contributed by atoms with van der Waals surface area (Å²) in [7, 11) is 0. The first kappa shape index (κ1) is 13.9. The Labute approximate surface area is 122 Å². The molecule has 1 aromatic rings. The second-order valence-electron chi connectivity index (χ2n) is 5.30. The zero-order valence-corrected chi connectivity index (χ0v) is 11.6. The number of hydrogen-bond donors (Lipinski definition) is 1. The Morgan fingerprint density at radius 2 is 2.00 bits per heavy atom. The Hall–Kier alpha value is -2.02. The molecule has 0 bridgehead atoms. The molecule has 114 valence electrons. The fraction of sp³-hybridized carbons (Fsp3) is 0.571. The minimum atomic E-state index is -0.458. The number of benzene rings is 1. The maximum absolute atomic E-state index is 11.2. The molecule has 2 atom stereocenters. The standard InChI is InChI=1S/C14H18N2O5/c15-8-9-2-1-3-11(9)21-12-7-14-13(19-4-5-20-14)6-10(12)16(17)18/h6-7,9,11H,1-5,8,15H2. The zero-order valence-electron chi connectivity index (χ0n) is 11.6. The lowest BCUT2D eigenvalue weighted by molar-refractivity contribution is -0.386. The molecule has 7 heteroatoms. The third-order valence-corrected chi connectivity index (χ3v) is 3.99. The first-order valence-electron chi connectivity index (χ1n) is 7.14. The summed E-state index contributed by atoms with van der Waals surface area (Å²) < 4.78 is 16.7. The van der Waals surface area contributed by atoms with Crippen LogP contribution in [0.2, 0.25) is 0 Å². The summed E-state index contributed by atoms with van der Waals surface area (Å²) in [5.41, 5.74) is 5.63. The number of hydrogen-bond acceptors (Lipinski definition) is 6. The quantitative estimate of drug-likeness (QED) is 0.672. The molecule has 7 nitrogen and oxygen atoms in total. The van der Waals surface area contributed by atoms with Crippen LogP contribution in [0, 0.1) is 16.0 Å². The smallest absolute Gasteiger partial charge is 0.314 e. The van der Waals surface area contributed by atoms with E-state index < -0.39 is 4.92 Å². The molecular weight excluding hydrogens is 276 g/mol. The molecule has 0 amide bonds. The average Bonchev–Trinajstić information content (AvgIpc) is 2.93. The van der Waals surface area contributed by atoms with E-state index in [2.05, 4.69) is 0 Å². The van der Waals surface area contributed by atoms with Crippen molar-refractivity contribution >= 4 is 5.69 Å². The van der Waals surface area contributed by atoms with E-state index in [-0.39, 0.29) is 23.5 Å². The molecular formula is C14H18N2O5. The van der Waals surface area contributed by atoms with Crippen LogP contribution in [-0.4, -0.2) is 30.8 Å². The highest BCUT2D eigenvalue weighted by atomic mass is 16.6. The van der Waals surface area contributed by atoms with Gasteiger partial charge in [-0.25, -0.2) is 0 Å². The van der Waals surface area contributed by atoms with Gasteiger partial charge >= 0.3 is 5.69 Å². The summed E-state index contributed by atoms with van der Waals surface area (Å²) in [6.45, 7) is 1.35. The number of nitro benzene ring substituents is 1. The van der Waals surface area contributed by atoms with Gasteiger partial charge in [-0.05, 0) is 25.8 Å². The van der Waals surface area contributed by atoms with E-state index in [9.17, 15) is 10.1 Å². The molecule has 3 rings (SSSR count). The van der Waals surface area contributed by atoms with Gasteiger partial charge < -0.3 is 19.9 Å². The molecule has 0 aromatic heterocycles. The van der Waals surface area contributed by atoms with Crippen molar-refractivity contribution in [3.63, 3.8) is 0 Å². The molecule has 1 heterocycles. The van der Waals surface area contributed by atoms with Crippen LogP contribution in [0.4, 0.5) is 5.69 Å². The Morgan fingerprint density at radius 3 is 2.67 bits per heavy atom. The third-order valence-electron chi connectivity index (χ3n) is 3.99. The van der Waals surface area contributed by atoms with Gasteiger partial charge in [-0.2, -0.15) is 0 Å². The van der Waals surface area contributed by atoms with E-state index in [0.717, 1.165) is 19.3 Å². The summed E-state index contributed by atoms with van der Waals surface area (Å²) in [6.07, 6.45) is 2.83. The number of nitro groups is 1. The van der Waals surface area contributed by atoms with Crippen LogP contribution in [0.25, 0.3) is 0 Å². The van der Waals surface area contributed by atoms with E-state index in [1.165, 1.54) is 6.07 Å². The molecule has 0 saturated heterocycles. The fourth-order valence-corrected chi connectivity index (χ4v) is 2.89. The van der Waals surface area contributed by atoms with Crippen LogP contribution < -0.4 is 19.9 Å². The summed E-state index contributed by atoms with van der Waals surface area (Å²) in [5, 5.41) is 11.2. The number of nitrogens with zero attached hydrogens (tertiary/aromatic N) is 1. The van der Waals surface area contributed by atoms with Crippen LogP contribution in [0.5, 0.6) is 17.2 Å². The van der Waals surface area contributed by atoms with Crippen LogP contribution in [0.15, 0.2) is 12.1 Å². The fourth-order valence-electron chi connectivity index (χ4n) is 2.89. The van der Waals surface area contributed by atoms with Gasteiger partial charge in [0.2, 0.25) is 5.75 Å². The minimum absolute atomic E-state index is 0.0729. The van der Waals surface area contributed by atoms with Gasteiger partial charge in [0, 0.05) is 12.0 Å². The van der Waals surface area contributed by atoms with Crippen LogP contribution in [0.1, 0.15) is 19.3 Å². The van der Waals surface area contributed by atoms with Crippen molar-refractivity contribution in [2.24, 2.45) is 11.7 Å². The minimum Gasteiger partial charge on any atom is -0.486 e. The summed E-state index contributed by atoms with van der Waals surface area (Å²) in [5.74, 6) is 1.36. The molecule has 1 fully saturated rings. The number of fused-ring (bicyclic) bond motifs is 1. The number of rotatable bonds is 4. The normalized spacial score (nSPS) is 23.9. The van der Waals surface area contributed by atoms with Crippen molar-refractivity contribution in [3.05, 3.63) is 22.2 Å². The lowest BCUT2D eigenvalue weighted by atomic mass is 10.1. The topological polar surface area (TPSA) is 96.9 Å². The third kappa shape index (κ3) is 2.73. The highest BCUT2D eigenvalue weighted by Crippen LogP contribution is 2.42. The molecule has 1 aliphatic heterocycles. The van der Waals surface area contributed by atoms with Gasteiger partial charge in [0.1, 0.15) is 19.3 Å². The van der Waals surface area contributed by atoms with Crippen molar-refractivity contribution in [2.45, 2.75) is 25.4 Å². The van der Waals surface area contributed by atoms with Crippen molar-refractivity contribution < 1.29 is 19.1 Å².